The lowest BCUT2D eigenvalue weighted by Gasteiger charge is -2.30. The standard InChI is InChI=1S/C6H15N3OS/c1-2-11(10)9-5-3-8(7)4-6-9/h2-7H2,1H3. The van der Waals surface area contributed by atoms with Gasteiger partial charge in [0, 0.05) is 31.9 Å². The van der Waals surface area contributed by atoms with E-state index in [-0.39, 0.29) is 0 Å². The molecule has 1 aliphatic heterocycles. The number of hydrazine groups is 1. The second-order valence-corrected chi connectivity index (χ2v) is 4.31. The van der Waals surface area contributed by atoms with Gasteiger partial charge < -0.3 is 0 Å². The molecule has 1 fully saturated rings. The van der Waals surface area contributed by atoms with E-state index >= 15 is 0 Å². The normalized spacial score (nSPS) is 25.3. The molecule has 0 amide bonds. The third-order valence-corrected chi connectivity index (χ3v) is 3.24. The summed E-state index contributed by atoms with van der Waals surface area (Å²) in [6, 6.07) is 0. The van der Waals surface area contributed by atoms with Crippen LogP contribution in [0.4, 0.5) is 0 Å². The number of nitrogens with zero attached hydrogens (tertiary/aromatic N) is 2. The molecule has 1 heterocycles. The maximum Gasteiger partial charge on any atom is 0.0940 e. The predicted molar refractivity (Wildman–Crippen MR) is 46.0 cm³/mol. The fourth-order valence-electron chi connectivity index (χ4n) is 1.09. The molecule has 4 nitrogen and oxygen atoms in total. The van der Waals surface area contributed by atoms with Crippen molar-refractivity contribution in [2.75, 3.05) is 31.9 Å². The highest BCUT2D eigenvalue weighted by Gasteiger charge is 2.17. The molecular formula is C6H15N3OS. The van der Waals surface area contributed by atoms with E-state index in [9.17, 15) is 4.21 Å². The van der Waals surface area contributed by atoms with Crippen LogP contribution in [0.3, 0.4) is 0 Å². The van der Waals surface area contributed by atoms with Crippen molar-refractivity contribution in [2.24, 2.45) is 5.84 Å². The zero-order chi connectivity index (χ0) is 8.27. The highest BCUT2D eigenvalue weighted by atomic mass is 32.2. The van der Waals surface area contributed by atoms with E-state index in [1.165, 1.54) is 0 Å². The van der Waals surface area contributed by atoms with Gasteiger partial charge >= 0.3 is 0 Å². The van der Waals surface area contributed by atoms with Crippen LogP contribution >= 0.6 is 0 Å². The van der Waals surface area contributed by atoms with Crippen LogP contribution in [0.2, 0.25) is 0 Å². The Hall–Kier alpha value is 0.0300. The summed E-state index contributed by atoms with van der Waals surface area (Å²) in [4.78, 5) is 0. The van der Waals surface area contributed by atoms with Gasteiger partial charge in [-0.2, -0.15) is 0 Å². The zero-order valence-electron chi connectivity index (χ0n) is 6.82. The van der Waals surface area contributed by atoms with E-state index in [1.807, 2.05) is 11.2 Å². The number of nitrogens with two attached hydrogens (primary N) is 1. The molecule has 0 spiro atoms. The lowest BCUT2D eigenvalue weighted by atomic mass is 10.4. The second kappa shape index (κ2) is 4.15. The van der Waals surface area contributed by atoms with E-state index in [0.29, 0.717) is 5.75 Å². The molecule has 0 aromatic carbocycles. The molecule has 5 heteroatoms. The van der Waals surface area contributed by atoms with E-state index in [4.69, 9.17) is 5.84 Å². The SMILES string of the molecule is CCS(=O)N1CCN(N)CC1. The van der Waals surface area contributed by atoms with Gasteiger partial charge in [0.25, 0.3) is 0 Å². The largest absolute Gasteiger partial charge is 0.269 e. The van der Waals surface area contributed by atoms with Crippen LogP contribution in [0.15, 0.2) is 0 Å². The fourth-order valence-corrected chi connectivity index (χ4v) is 2.03. The van der Waals surface area contributed by atoms with Crippen molar-refractivity contribution in [1.82, 2.24) is 9.31 Å². The fraction of sp³-hybridized carbons (Fsp3) is 1.00. The Labute approximate surface area is 69.9 Å². The van der Waals surface area contributed by atoms with Gasteiger partial charge in [-0.1, -0.05) is 6.92 Å². The first kappa shape index (κ1) is 9.12. The summed E-state index contributed by atoms with van der Waals surface area (Å²) < 4.78 is 13.2. The minimum absolute atomic E-state index is 0.713. The molecule has 66 valence electrons. The molecular weight excluding hydrogens is 162 g/mol. The summed E-state index contributed by atoms with van der Waals surface area (Å²) in [5.41, 5.74) is 0. The first-order valence-electron chi connectivity index (χ1n) is 3.87. The Morgan fingerprint density at radius 2 is 1.91 bits per heavy atom. The third kappa shape index (κ3) is 2.52. The van der Waals surface area contributed by atoms with Crippen molar-refractivity contribution in [3.05, 3.63) is 0 Å². The number of piperazine rings is 1. The predicted octanol–water partition coefficient (Wildman–Crippen LogP) is -0.839. The quantitative estimate of drug-likeness (QED) is 0.560. The monoisotopic (exact) mass is 177 g/mol. The molecule has 2 N–H and O–H groups in total. The van der Waals surface area contributed by atoms with Crippen LogP contribution in [-0.2, 0) is 11.0 Å². The molecule has 0 aliphatic carbocycles. The lowest BCUT2D eigenvalue weighted by Crippen LogP contribution is -2.49. The molecule has 1 atom stereocenters. The maximum absolute atomic E-state index is 11.3. The van der Waals surface area contributed by atoms with Gasteiger partial charge in [-0.05, 0) is 0 Å². The highest BCUT2D eigenvalue weighted by Crippen LogP contribution is 2.00. The summed E-state index contributed by atoms with van der Waals surface area (Å²) in [6.45, 7) is 5.25. The molecule has 1 rings (SSSR count). The minimum Gasteiger partial charge on any atom is -0.269 e. The van der Waals surface area contributed by atoms with E-state index in [1.54, 1.807) is 5.01 Å². The highest BCUT2D eigenvalue weighted by molar-refractivity contribution is 7.82. The summed E-state index contributed by atoms with van der Waals surface area (Å²) in [5.74, 6) is 6.26. The van der Waals surface area contributed by atoms with Gasteiger partial charge in [0.15, 0.2) is 0 Å². The molecule has 1 saturated heterocycles. The Morgan fingerprint density at radius 3 is 2.36 bits per heavy atom. The van der Waals surface area contributed by atoms with Crippen LogP contribution in [-0.4, -0.2) is 45.5 Å². The summed E-state index contributed by atoms with van der Waals surface area (Å²) in [6.07, 6.45) is 0. The summed E-state index contributed by atoms with van der Waals surface area (Å²) >= 11 is 0. The third-order valence-electron chi connectivity index (χ3n) is 1.81. The molecule has 11 heavy (non-hydrogen) atoms. The van der Waals surface area contributed by atoms with Crippen LogP contribution < -0.4 is 5.84 Å². The van der Waals surface area contributed by atoms with Crippen molar-refractivity contribution < 1.29 is 4.21 Å². The first-order valence-corrected chi connectivity index (χ1v) is 5.14. The molecule has 1 unspecified atom stereocenters. The summed E-state index contributed by atoms with van der Waals surface area (Å²) in [7, 11) is -0.777. The van der Waals surface area contributed by atoms with Crippen LogP contribution in [0, 0.1) is 0 Å². The Kier molecular flexibility index (Phi) is 3.45. The van der Waals surface area contributed by atoms with Gasteiger partial charge in [0.1, 0.15) is 0 Å². The van der Waals surface area contributed by atoms with Gasteiger partial charge in [0.05, 0.1) is 11.0 Å². The van der Waals surface area contributed by atoms with Gasteiger partial charge in [-0.15, -0.1) is 0 Å². The molecule has 0 aromatic rings. The van der Waals surface area contributed by atoms with Crippen molar-refractivity contribution >= 4 is 11.0 Å². The van der Waals surface area contributed by atoms with E-state index in [2.05, 4.69) is 0 Å². The average molecular weight is 177 g/mol. The van der Waals surface area contributed by atoms with Gasteiger partial charge in [0.2, 0.25) is 0 Å². The van der Waals surface area contributed by atoms with Crippen molar-refractivity contribution in [2.45, 2.75) is 6.92 Å². The molecule has 0 bridgehead atoms. The lowest BCUT2D eigenvalue weighted by molar-refractivity contribution is 0.196. The van der Waals surface area contributed by atoms with Crippen LogP contribution in [0.5, 0.6) is 0 Å². The Bertz CT molecular complexity index is 145. The average Bonchev–Trinajstić information content (AvgIpc) is 2.05. The minimum atomic E-state index is -0.777. The Balaban J connectivity index is 2.33. The van der Waals surface area contributed by atoms with E-state index < -0.39 is 11.0 Å². The van der Waals surface area contributed by atoms with Crippen LogP contribution in [0.1, 0.15) is 6.92 Å². The molecule has 0 radical (unpaired) electrons. The molecule has 1 aliphatic rings. The Morgan fingerprint density at radius 1 is 1.36 bits per heavy atom. The summed E-state index contributed by atoms with van der Waals surface area (Å²) in [5, 5.41) is 1.77. The second-order valence-electron chi connectivity index (χ2n) is 2.58. The van der Waals surface area contributed by atoms with Crippen molar-refractivity contribution in [1.29, 1.82) is 0 Å². The first-order chi connectivity index (χ1) is 5.24. The smallest absolute Gasteiger partial charge is 0.0940 e. The molecule has 0 aromatic heterocycles. The number of hydrogen-bond acceptors (Lipinski definition) is 3. The number of rotatable bonds is 2. The van der Waals surface area contributed by atoms with Crippen molar-refractivity contribution in [3.8, 4) is 0 Å². The van der Waals surface area contributed by atoms with Gasteiger partial charge in [-0.25, -0.2) is 13.5 Å². The maximum atomic E-state index is 11.3. The molecule has 0 saturated carbocycles. The number of hydrogen-bond donors (Lipinski definition) is 1. The zero-order valence-corrected chi connectivity index (χ0v) is 7.64. The van der Waals surface area contributed by atoms with Crippen molar-refractivity contribution in [3.63, 3.8) is 0 Å². The van der Waals surface area contributed by atoms with Crippen LogP contribution in [0.25, 0.3) is 0 Å². The topological polar surface area (TPSA) is 49.6 Å². The van der Waals surface area contributed by atoms with E-state index in [0.717, 1.165) is 26.2 Å². The van der Waals surface area contributed by atoms with Gasteiger partial charge in [-0.3, -0.25) is 5.84 Å².